The number of rotatable bonds is 34. The van der Waals surface area contributed by atoms with Crippen LogP contribution in [0.25, 0.3) is 0 Å². The molecule has 0 aliphatic carbocycles. The molecule has 0 saturated carbocycles. The van der Waals surface area contributed by atoms with Crippen molar-refractivity contribution in [2.75, 3.05) is 37.1 Å². The van der Waals surface area contributed by atoms with Crippen LogP contribution in [0.4, 0.5) is 0 Å². The molecule has 0 spiro atoms. The monoisotopic (exact) mass is 1150 g/mol. The smallest absolute Gasteiger partial charge is 0.147 e. The van der Waals surface area contributed by atoms with E-state index >= 15 is 0 Å². The van der Waals surface area contributed by atoms with Gasteiger partial charge in [-0.2, -0.15) is 0 Å². The molecule has 2 unspecified atom stereocenters. The van der Waals surface area contributed by atoms with Gasteiger partial charge >= 0.3 is 0 Å². The van der Waals surface area contributed by atoms with Gasteiger partial charge in [-0.05, 0) is 112 Å². The summed E-state index contributed by atoms with van der Waals surface area (Å²) in [5.74, 6) is 1.58. The highest BCUT2D eigenvalue weighted by Gasteiger charge is 2.28. The molecule has 2 aromatic carbocycles. The molecule has 0 aliphatic rings. The third-order valence-electron chi connectivity index (χ3n) is 10.3. The Morgan fingerprint density at radius 3 is 1.00 bits per heavy atom. The van der Waals surface area contributed by atoms with E-state index in [1.165, 1.54) is 116 Å². The van der Waals surface area contributed by atoms with E-state index in [1.807, 2.05) is 0 Å². The van der Waals surface area contributed by atoms with Crippen molar-refractivity contribution in [1.82, 2.24) is 0 Å². The summed E-state index contributed by atoms with van der Waals surface area (Å²) in [6.45, 7) is 11.5. The molecule has 2 atom stereocenters. The van der Waals surface area contributed by atoms with Gasteiger partial charge in [-0.3, -0.25) is 0 Å². The molecule has 0 aromatic heterocycles. The maximum absolute atomic E-state index is 6.32. The first-order valence-electron chi connectivity index (χ1n) is 21.2. The van der Waals surface area contributed by atoms with E-state index in [1.54, 1.807) is 0 Å². The van der Waals surface area contributed by atoms with Crippen molar-refractivity contribution in [2.24, 2.45) is 0 Å². The molecule has 0 heterocycles. The van der Waals surface area contributed by atoms with Crippen molar-refractivity contribution in [3.05, 3.63) is 53.3 Å². The molecule has 4 nitrogen and oxygen atoms in total. The number of halogens is 6. The third-order valence-corrected chi connectivity index (χ3v) is 14.1. The summed E-state index contributed by atoms with van der Waals surface area (Å²) < 4.78 is 28.6. The number of hydrogen-bond donors (Lipinski definition) is 0. The Kier molecular flexibility index (Phi) is 29.9. The van der Waals surface area contributed by atoms with Crippen molar-refractivity contribution in [3.8, 4) is 11.5 Å². The fraction of sp³-hybridized carbons (Fsp3) is 0.733. The predicted octanol–water partition coefficient (Wildman–Crippen LogP) is 17.2. The molecule has 2 aromatic rings. The first-order chi connectivity index (χ1) is 26.6. The minimum atomic E-state index is -0.305. The lowest BCUT2D eigenvalue weighted by molar-refractivity contribution is 0.0335. The second-order valence-corrected chi connectivity index (χ2v) is 20.2. The molecule has 0 amide bonds. The molecule has 0 saturated heterocycles. The Balaban J connectivity index is 1.84. The lowest BCUT2D eigenvalue weighted by atomic mass is 9.78. The fourth-order valence-corrected chi connectivity index (χ4v) is 10.2. The molecular formula is C45H70Br6O4. The maximum atomic E-state index is 6.32. The van der Waals surface area contributed by atoms with Gasteiger partial charge in [-0.15, -0.1) is 0 Å². The Morgan fingerprint density at radius 1 is 0.455 bits per heavy atom. The van der Waals surface area contributed by atoms with Gasteiger partial charge in [0.1, 0.15) is 36.9 Å². The van der Waals surface area contributed by atoms with Crippen molar-refractivity contribution < 1.29 is 18.9 Å². The van der Waals surface area contributed by atoms with Gasteiger partial charge in [0, 0.05) is 29.3 Å². The summed E-state index contributed by atoms with van der Waals surface area (Å²) in [5.41, 5.74) is 2.00. The Bertz CT molecular complexity index is 1150. The molecule has 316 valence electrons. The van der Waals surface area contributed by atoms with Crippen LogP contribution in [0.1, 0.15) is 167 Å². The van der Waals surface area contributed by atoms with Crippen LogP contribution in [-0.2, 0) is 14.9 Å². The highest BCUT2D eigenvalue weighted by molar-refractivity contribution is 9.11. The summed E-state index contributed by atoms with van der Waals surface area (Å²) in [4.78, 5) is 0. The van der Waals surface area contributed by atoms with Gasteiger partial charge in [-0.1, -0.05) is 175 Å². The molecule has 0 N–H and O–H groups in total. The molecule has 0 radical (unpaired) electrons. The highest BCUT2D eigenvalue weighted by Crippen LogP contribution is 2.44. The van der Waals surface area contributed by atoms with Crippen LogP contribution in [0.2, 0.25) is 0 Å². The van der Waals surface area contributed by atoms with Crippen molar-refractivity contribution in [3.63, 3.8) is 0 Å². The van der Waals surface area contributed by atoms with Crippen LogP contribution in [0, 0.1) is 0 Å². The first-order valence-corrected chi connectivity index (χ1v) is 26.6. The summed E-state index contributed by atoms with van der Waals surface area (Å²) >= 11 is 22.5. The van der Waals surface area contributed by atoms with Crippen LogP contribution in [0.5, 0.6) is 11.5 Å². The Labute approximate surface area is 386 Å². The Morgan fingerprint density at radius 2 is 0.727 bits per heavy atom. The van der Waals surface area contributed by atoms with Gasteiger partial charge in [-0.25, -0.2) is 0 Å². The standard InChI is InChI=1S/C45H70Br6O4/c1-5-7-9-11-13-15-17-19-21-23-25-52-37(31-46)33-54-43-39(48)27-35(28-40(43)49)45(3,4)36-29-41(50)44(42(51)30-36)55-34-38(32-47)53-26-24-22-20-18-16-14-12-10-8-6-2/h27-30,37-38H,5-26,31-34H2,1-4H3. The van der Waals surface area contributed by atoms with Crippen LogP contribution < -0.4 is 9.47 Å². The van der Waals surface area contributed by atoms with Crippen molar-refractivity contribution in [1.29, 1.82) is 0 Å². The number of benzene rings is 2. The molecule has 2 rings (SSSR count). The largest absolute Gasteiger partial charge is 0.488 e. The van der Waals surface area contributed by atoms with E-state index in [2.05, 4.69) is 148 Å². The van der Waals surface area contributed by atoms with E-state index in [0.717, 1.165) is 77.2 Å². The number of unbranched alkanes of at least 4 members (excludes halogenated alkanes) is 18. The summed E-state index contributed by atoms with van der Waals surface area (Å²) in [7, 11) is 0. The van der Waals surface area contributed by atoms with E-state index in [0.29, 0.717) is 13.2 Å². The quantitative estimate of drug-likeness (QED) is 0.0517. The molecule has 10 heteroatoms. The van der Waals surface area contributed by atoms with Gasteiger partial charge in [0.15, 0.2) is 0 Å². The SMILES string of the molecule is CCCCCCCCCCCCOC(CBr)COc1c(Br)cc(C(C)(C)c2cc(Br)c(OCC(CBr)OCCCCCCCCCCCC)c(Br)c2)cc1Br. The number of ether oxygens (including phenoxy) is 4. The van der Waals surface area contributed by atoms with Gasteiger partial charge < -0.3 is 18.9 Å². The topological polar surface area (TPSA) is 36.9 Å². The summed E-state index contributed by atoms with van der Waals surface area (Å²) in [6, 6.07) is 8.64. The highest BCUT2D eigenvalue weighted by atomic mass is 79.9. The molecule has 0 aliphatic heterocycles. The molecule has 0 fully saturated rings. The maximum Gasteiger partial charge on any atom is 0.147 e. The zero-order valence-electron chi connectivity index (χ0n) is 34.2. The van der Waals surface area contributed by atoms with Crippen LogP contribution in [0.3, 0.4) is 0 Å². The Hall–Kier alpha value is 0.840. The second-order valence-electron chi connectivity index (χ2n) is 15.4. The average molecular weight is 1150 g/mol. The average Bonchev–Trinajstić information content (AvgIpc) is 3.16. The van der Waals surface area contributed by atoms with Crippen LogP contribution in [-0.4, -0.2) is 49.3 Å². The van der Waals surface area contributed by atoms with Crippen LogP contribution >= 0.6 is 95.6 Å². The van der Waals surface area contributed by atoms with Crippen molar-refractivity contribution in [2.45, 2.75) is 174 Å². The number of alkyl halides is 2. The molecule has 0 bridgehead atoms. The summed E-state index contributed by atoms with van der Waals surface area (Å²) in [5, 5.41) is 1.47. The zero-order chi connectivity index (χ0) is 40.3. The minimum absolute atomic E-state index is 0.00943. The van der Waals surface area contributed by atoms with Gasteiger partial charge in [0.05, 0.1) is 17.9 Å². The summed E-state index contributed by atoms with van der Waals surface area (Å²) in [6.07, 6.45) is 26.4. The third kappa shape index (κ3) is 21.3. The lowest BCUT2D eigenvalue weighted by Crippen LogP contribution is -2.24. The van der Waals surface area contributed by atoms with Crippen molar-refractivity contribution >= 4 is 95.6 Å². The van der Waals surface area contributed by atoms with Gasteiger partial charge in [0.25, 0.3) is 0 Å². The first kappa shape index (κ1) is 52.0. The molecular weight excluding hydrogens is 1080 g/mol. The molecule has 55 heavy (non-hydrogen) atoms. The second kappa shape index (κ2) is 31.7. The normalized spacial score (nSPS) is 13.0. The van der Waals surface area contributed by atoms with E-state index < -0.39 is 0 Å². The lowest BCUT2D eigenvalue weighted by Gasteiger charge is -2.29. The van der Waals surface area contributed by atoms with E-state index in [4.69, 9.17) is 18.9 Å². The minimum Gasteiger partial charge on any atom is -0.488 e. The predicted molar refractivity (Wildman–Crippen MR) is 258 cm³/mol. The number of hydrogen-bond acceptors (Lipinski definition) is 4. The van der Waals surface area contributed by atoms with Crippen LogP contribution in [0.15, 0.2) is 42.2 Å². The van der Waals surface area contributed by atoms with E-state index in [9.17, 15) is 0 Å². The van der Waals surface area contributed by atoms with E-state index in [-0.39, 0.29) is 17.6 Å². The fourth-order valence-electron chi connectivity index (χ4n) is 6.59. The zero-order valence-corrected chi connectivity index (χ0v) is 43.8. The van der Waals surface area contributed by atoms with Gasteiger partial charge in [0.2, 0.25) is 0 Å².